The SMILES string of the molecule is CCNC(=O)CC1N=C(c2ccc(Cl)cc2)c2cc(OCCCCNC(=O)c3ccc([Si](C)(C)O)cc3)ccc2-n2c(C)nnc21. The molecule has 1 aliphatic rings. The number of carbonyl (C=O) groups excluding carboxylic acids is 2. The third-order valence-corrected chi connectivity index (χ3v) is 9.74. The van der Waals surface area contributed by atoms with Crippen LogP contribution in [0.5, 0.6) is 5.75 Å². The summed E-state index contributed by atoms with van der Waals surface area (Å²) in [4.78, 5) is 40.6. The average Bonchev–Trinajstić information content (AvgIpc) is 3.35. The topological polar surface area (TPSA) is 131 Å². The van der Waals surface area contributed by atoms with Crippen molar-refractivity contribution in [2.75, 3.05) is 19.7 Å². The first-order valence-corrected chi connectivity index (χ1v) is 18.8. The van der Waals surface area contributed by atoms with E-state index in [4.69, 9.17) is 21.3 Å². The highest BCUT2D eigenvalue weighted by Gasteiger charge is 2.30. The number of ether oxygens (including phenoxy) is 1. The fraction of sp³-hybridized carbons (Fsp3) is 0.324. The largest absolute Gasteiger partial charge is 0.494 e. The van der Waals surface area contributed by atoms with E-state index in [1.165, 1.54) is 0 Å². The van der Waals surface area contributed by atoms with Crippen molar-refractivity contribution in [2.24, 2.45) is 4.99 Å². The number of unbranched alkanes of at least 4 members (excludes halogenated alkanes) is 1. The molecule has 46 heavy (non-hydrogen) atoms. The van der Waals surface area contributed by atoms with Gasteiger partial charge in [-0.1, -0.05) is 35.9 Å². The Balaban J connectivity index is 1.29. The van der Waals surface area contributed by atoms with E-state index in [0.717, 1.165) is 34.8 Å². The van der Waals surface area contributed by atoms with Crippen LogP contribution in [0.15, 0.2) is 71.7 Å². The summed E-state index contributed by atoms with van der Waals surface area (Å²) in [5.74, 6) is 1.71. The molecule has 3 N–H and O–H groups in total. The number of benzene rings is 3. The van der Waals surface area contributed by atoms with Gasteiger partial charge in [-0.2, -0.15) is 0 Å². The van der Waals surface area contributed by atoms with Crippen LogP contribution in [-0.2, 0) is 4.79 Å². The van der Waals surface area contributed by atoms with Gasteiger partial charge < -0.3 is 20.2 Å². The lowest BCUT2D eigenvalue weighted by molar-refractivity contribution is -0.121. The summed E-state index contributed by atoms with van der Waals surface area (Å²) in [6, 6.07) is 19.9. The maximum atomic E-state index is 12.7. The van der Waals surface area contributed by atoms with Gasteiger partial charge in [-0.3, -0.25) is 19.1 Å². The van der Waals surface area contributed by atoms with Crippen molar-refractivity contribution in [3.8, 4) is 11.4 Å². The van der Waals surface area contributed by atoms with Gasteiger partial charge in [0.05, 0.1) is 24.4 Å². The van der Waals surface area contributed by atoms with Crippen molar-refractivity contribution >= 4 is 42.6 Å². The molecule has 240 valence electrons. The molecule has 1 aliphatic heterocycles. The zero-order chi connectivity index (χ0) is 32.8. The van der Waals surface area contributed by atoms with E-state index < -0.39 is 14.4 Å². The number of rotatable bonds is 12. The Morgan fingerprint density at radius 3 is 2.43 bits per heavy atom. The van der Waals surface area contributed by atoms with Gasteiger partial charge in [0.25, 0.3) is 5.91 Å². The van der Waals surface area contributed by atoms with E-state index in [0.29, 0.717) is 53.4 Å². The van der Waals surface area contributed by atoms with Crippen LogP contribution in [0.4, 0.5) is 0 Å². The van der Waals surface area contributed by atoms with Gasteiger partial charge in [0, 0.05) is 34.8 Å². The summed E-state index contributed by atoms with van der Waals surface area (Å²) < 4.78 is 8.12. The Bertz CT molecular complexity index is 1730. The Hall–Kier alpha value is -4.32. The fourth-order valence-electron chi connectivity index (χ4n) is 5.34. The molecule has 12 heteroatoms. The molecular formula is C34H39ClN6O4Si. The van der Waals surface area contributed by atoms with Crippen LogP contribution in [0.2, 0.25) is 18.1 Å². The lowest BCUT2D eigenvalue weighted by Crippen LogP contribution is -2.41. The van der Waals surface area contributed by atoms with E-state index in [1.807, 2.05) is 86.1 Å². The minimum absolute atomic E-state index is 0.116. The number of halogens is 1. The van der Waals surface area contributed by atoms with Crippen LogP contribution >= 0.6 is 11.6 Å². The van der Waals surface area contributed by atoms with Crippen LogP contribution in [0.3, 0.4) is 0 Å². The lowest BCUT2D eigenvalue weighted by Gasteiger charge is -2.15. The van der Waals surface area contributed by atoms with E-state index in [2.05, 4.69) is 20.8 Å². The predicted octanol–water partition coefficient (Wildman–Crippen LogP) is 4.64. The molecule has 1 unspecified atom stereocenters. The molecule has 2 amide bonds. The van der Waals surface area contributed by atoms with Gasteiger partial charge >= 0.3 is 0 Å². The summed E-state index contributed by atoms with van der Waals surface area (Å²) in [6.07, 6.45) is 1.61. The monoisotopic (exact) mass is 658 g/mol. The number of hydrogen-bond donors (Lipinski definition) is 3. The molecule has 1 atom stereocenters. The molecular weight excluding hydrogens is 620 g/mol. The molecule has 4 aromatic rings. The van der Waals surface area contributed by atoms with E-state index in [9.17, 15) is 14.4 Å². The molecule has 2 heterocycles. The number of nitrogens with zero attached hydrogens (tertiary/aromatic N) is 4. The standard InChI is InChI=1S/C34H39ClN6O4Si/c1-5-36-31(42)21-29-33-40-39-22(2)41(33)30-17-14-26(20-28(30)32(38-29)23-8-12-25(35)13-9-23)45-19-7-6-18-37-34(43)24-10-15-27(16-11-24)46(3,4)44/h8-17,20,29,44H,5-7,18-19,21H2,1-4H3,(H,36,42)(H,37,43). The first-order valence-electron chi connectivity index (χ1n) is 15.5. The molecule has 0 saturated heterocycles. The van der Waals surface area contributed by atoms with Gasteiger partial charge in [-0.05, 0) is 87.4 Å². The molecule has 0 spiro atoms. The lowest BCUT2D eigenvalue weighted by atomic mass is 10.00. The Labute approximate surface area is 275 Å². The summed E-state index contributed by atoms with van der Waals surface area (Å²) in [6.45, 7) is 8.97. The molecule has 3 aromatic carbocycles. The van der Waals surface area contributed by atoms with Crippen LogP contribution in [0.1, 0.15) is 65.4 Å². The van der Waals surface area contributed by atoms with Crippen molar-refractivity contribution in [3.63, 3.8) is 0 Å². The molecule has 5 rings (SSSR count). The molecule has 0 aliphatic carbocycles. The molecule has 10 nitrogen and oxygen atoms in total. The predicted molar refractivity (Wildman–Crippen MR) is 182 cm³/mol. The first-order chi connectivity index (χ1) is 22.0. The van der Waals surface area contributed by atoms with Crippen LogP contribution < -0.4 is 20.6 Å². The van der Waals surface area contributed by atoms with Gasteiger partial charge in [0.15, 0.2) is 5.82 Å². The quantitative estimate of drug-likeness (QED) is 0.150. The van der Waals surface area contributed by atoms with Crippen LogP contribution in [-0.4, -0.2) is 65.1 Å². The van der Waals surface area contributed by atoms with Gasteiger partial charge in [-0.25, -0.2) is 0 Å². The molecule has 0 bridgehead atoms. The minimum Gasteiger partial charge on any atom is -0.494 e. The highest BCUT2D eigenvalue weighted by atomic mass is 35.5. The third-order valence-electron chi connectivity index (χ3n) is 7.75. The summed E-state index contributed by atoms with van der Waals surface area (Å²) >= 11 is 6.21. The van der Waals surface area contributed by atoms with E-state index in [-0.39, 0.29) is 18.2 Å². The molecule has 1 aromatic heterocycles. The number of aliphatic imine (C=N–C) groups is 1. The van der Waals surface area contributed by atoms with Gasteiger partial charge in [0.2, 0.25) is 14.2 Å². The van der Waals surface area contributed by atoms with Gasteiger partial charge in [0.1, 0.15) is 17.6 Å². The van der Waals surface area contributed by atoms with Crippen molar-refractivity contribution in [2.45, 2.75) is 52.2 Å². The number of aromatic nitrogens is 3. The smallest absolute Gasteiger partial charge is 0.251 e. The maximum Gasteiger partial charge on any atom is 0.251 e. The number of nitrogens with one attached hydrogen (secondary N) is 2. The second kappa shape index (κ2) is 14.4. The molecule has 0 radical (unpaired) electrons. The second-order valence-corrected chi connectivity index (χ2v) is 15.9. The van der Waals surface area contributed by atoms with E-state index >= 15 is 0 Å². The van der Waals surface area contributed by atoms with Crippen molar-refractivity contribution < 1.29 is 19.1 Å². The summed E-state index contributed by atoms with van der Waals surface area (Å²) in [5.41, 5.74) is 3.80. The summed E-state index contributed by atoms with van der Waals surface area (Å²) in [7, 11) is -2.40. The number of hydrogen-bond acceptors (Lipinski definition) is 7. The van der Waals surface area contributed by atoms with Crippen LogP contribution in [0, 0.1) is 6.92 Å². The van der Waals surface area contributed by atoms with Gasteiger partial charge in [-0.15, -0.1) is 10.2 Å². The zero-order valence-electron chi connectivity index (χ0n) is 26.5. The van der Waals surface area contributed by atoms with Crippen molar-refractivity contribution in [3.05, 3.63) is 100 Å². The fourth-order valence-corrected chi connectivity index (χ4v) is 6.44. The second-order valence-electron chi connectivity index (χ2n) is 11.7. The number of amides is 2. The maximum absolute atomic E-state index is 12.7. The Kier molecular flexibility index (Phi) is 10.3. The Morgan fingerprint density at radius 2 is 1.74 bits per heavy atom. The normalized spacial score (nSPS) is 14.0. The van der Waals surface area contributed by atoms with Crippen molar-refractivity contribution in [1.29, 1.82) is 0 Å². The highest BCUT2D eigenvalue weighted by Crippen LogP contribution is 2.34. The number of carbonyl (C=O) groups is 2. The highest BCUT2D eigenvalue weighted by molar-refractivity contribution is 6.83. The first kappa shape index (κ1) is 33.1. The van der Waals surface area contributed by atoms with Crippen LogP contribution in [0.25, 0.3) is 5.69 Å². The number of aryl methyl sites for hydroxylation is 1. The average molecular weight is 659 g/mol. The zero-order valence-corrected chi connectivity index (χ0v) is 28.3. The third kappa shape index (κ3) is 7.72. The van der Waals surface area contributed by atoms with E-state index in [1.54, 1.807) is 12.1 Å². The molecule has 0 fully saturated rings. The number of fused-ring (bicyclic) bond motifs is 3. The minimum atomic E-state index is -2.40. The molecule has 0 saturated carbocycles. The Morgan fingerprint density at radius 1 is 1.00 bits per heavy atom. The van der Waals surface area contributed by atoms with Crippen molar-refractivity contribution in [1.82, 2.24) is 25.4 Å². The summed E-state index contributed by atoms with van der Waals surface area (Å²) in [5, 5.41) is 16.1.